The maximum absolute atomic E-state index is 6.94. The number of anilines is 12. The summed E-state index contributed by atoms with van der Waals surface area (Å²) in [6.07, 6.45) is 0. The lowest BCUT2D eigenvalue weighted by Gasteiger charge is -2.26. The minimum atomic E-state index is 0.825. The fourth-order valence-electron chi connectivity index (χ4n) is 19.7. The lowest BCUT2D eigenvalue weighted by Crippen LogP contribution is -2.10. The minimum Gasteiger partial charge on any atom is -0.454 e. The molecule has 24 aromatic rings. The van der Waals surface area contributed by atoms with Gasteiger partial charge < -0.3 is 28.4 Å². The molecule has 0 radical (unpaired) electrons. The van der Waals surface area contributed by atoms with Gasteiger partial charge in [-0.15, -0.1) is 0 Å². The van der Waals surface area contributed by atoms with Crippen LogP contribution in [0.5, 0.6) is 0 Å². The monoisotopic (exact) mass is 1760 g/mol. The number of furan rings is 2. The Morgan fingerprint density at radius 1 is 0.116 bits per heavy atom. The molecule has 138 heavy (non-hydrogen) atoms. The Balaban J connectivity index is 0.428. The van der Waals surface area contributed by atoms with Gasteiger partial charge in [0.2, 0.25) is 0 Å². The summed E-state index contributed by atoms with van der Waals surface area (Å²) in [5.41, 5.74) is 41.6. The number of rotatable bonds is 23. The van der Waals surface area contributed by atoms with E-state index < -0.39 is 0 Å². The second kappa shape index (κ2) is 36.7. The zero-order valence-electron chi connectivity index (χ0n) is 75.6. The summed E-state index contributed by atoms with van der Waals surface area (Å²) in [5, 5.41) is 4.32. The van der Waals surface area contributed by atoms with E-state index in [9.17, 15) is 0 Å². The van der Waals surface area contributed by atoms with Crippen LogP contribution in [-0.4, -0.2) is 0 Å². The number of fused-ring (bicyclic) bond motifs is 6. The Morgan fingerprint density at radius 2 is 0.319 bits per heavy atom. The van der Waals surface area contributed by atoms with Crippen molar-refractivity contribution in [3.05, 3.63) is 546 Å². The van der Waals surface area contributed by atoms with Crippen LogP contribution in [0.4, 0.5) is 68.2 Å². The van der Waals surface area contributed by atoms with E-state index in [1.165, 1.54) is 55.6 Å². The highest BCUT2D eigenvalue weighted by molar-refractivity contribution is 6.13. The van der Waals surface area contributed by atoms with Gasteiger partial charge in [-0.05, 0) is 280 Å². The maximum Gasteiger partial charge on any atom is 0.159 e. The molecule has 0 atom stereocenters. The third-order valence-electron chi connectivity index (χ3n) is 26.8. The van der Waals surface area contributed by atoms with Crippen LogP contribution >= 0.6 is 0 Å². The first-order valence-corrected chi connectivity index (χ1v) is 47.0. The van der Waals surface area contributed by atoms with E-state index in [1.807, 2.05) is 12.1 Å². The van der Waals surface area contributed by atoms with Crippen molar-refractivity contribution in [3.8, 4) is 122 Å². The number of hydrogen-bond donors (Lipinski definition) is 0. The van der Waals surface area contributed by atoms with Crippen molar-refractivity contribution < 1.29 is 8.83 Å². The Labute approximate surface area is 803 Å². The van der Waals surface area contributed by atoms with Crippen molar-refractivity contribution >= 4 is 112 Å². The Kier molecular flexibility index (Phi) is 22.0. The van der Waals surface area contributed by atoms with Gasteiger partial charge in [-0.2, -0.15) is 0 Å². The molecule has 6 nitrogen and oxygen atoms in total. The molecule has 0 spiro atoms. The van der Waals surface area contributed by atoms with Crippen LogP contribution < -0.4 is 19.6 Å². The first-order valence-electron chi connectivity index (χ1n) is 47.0. The molecule has 0 saturated carbocycles. The van der Waals surface area contributed by atoms with E-state index in [-0.39, 0.29) is 0 Å². The van der Waals surface area contributed by atoms with Crippen molar-refractivity contribution in [3.63, 3.8) is 0 Å². The van der Waals surface area contributed by atoms with E-state index in [1.54, 1.807) is 0 Å². The molecular formula is C132H90N4O2. The van der Waals surface area contributed by atoms with E-state index in [0.717, 1.165) is 179 Å². The van der Waals surface area contributed by atoms with Crippen molar-refractivity contribution in [2.45, 2.75) is 0 Å². The molecule has 650 valence electrons. The van der Waals surface area contributed by atoms with Gasteiger partial charge in [0, 0.05) is 78.4 Å². The standard InChI is InChI=1S/C132H90N4O2/c1-6-23-91(24-7-1)97-63-76-115(77-64-97)133(111-27-8-2-9-28-111)116-78-65-98(66-79-116)92-43-49-103(50-44-92)108-25-20-26-109(89-108)104-51-45-93(46-52-104)99-67-80-117(81-68-99)134(112-29-10-3-11-30-112)118-82-69-100(70-83-118)94-47-53-105(54-48-94)110-75-88-130-126(90-110)125-39-22-41-128(132(125)138-130)136(114-33-14-5-15-34-114)120-86-73-102(74-87-120)96-57-61-107(62-58-96)122-36-17-16-35-121(122)106-59-55-95(56-60-106)101-71-84-119(85-72-101)135(113-31-12-4-13-32-113)127-40-21-38-124-123-37-18-19-42-129(123)137-131(124)127/h1-90H. The van der Waals surface area contributed by atoms with Crippen LogP contribution in [-0.2, 0) is 0 Å². The summed E-state index contributed by atoms with van der Waals surface area (Å²) < 4.78 is 13.5. The van der Waals surface area contributed by atoms with Gasteiger partial charge in [0.15, 0.2) is 11.2 Å². The molecule has 24 rings (SSSR count). The van der Waals surface area contributed by atoms with Crippen molar-refractivity contribution in [2.75, 3.05) is 19.6 Å². The summed E-state index contributed by atoms with van der Waals surface area (Å²) in [5.74, 6) is 0. The highest BCUT2D eigenvalue weighted by Crippen LogP contribution is 2.49. The van der Waals surface area contributed by atoms with E-state index in [0.29, 0.717) is 0 Å². The van der Waals surface area contributed by atoms with Crippen molar-refractivity contribution in [1.82, 2.24) is 0 Å². The van der Waals surface area contributed by atoms with Crippen LogP contribution in [0.1, 0.15) is 0 Å². The molecule has 0 unspecified atom stereocenters. The molecule has 0 fully saturated rings. The molecule has 0 aliphatic heterocycles. The second-order valence-corrected chi connectivity index (χ2v) is 35.1. The number of para-hydroxylation sites is 7. The van der Waals surface area contributed by atoms with Crippen LogP contribution in [0.25, 0.3) is 166 Å². The largest absolute Gasteiger partial charge is 0.454 e. The predicted octanol–water partition coefficient (Wildman–Crippen LogP) is 37.7. The zero-order chi connectivity index (χ0) is 91.6. The molecule has 2 heterocycles. The number of hydrogen-bond acceptors (Lipinski definition) is 6. The zero-order valence-corrected chi connectivity index (χ0v) is 75.6. The maximum atomic E-state index is 6.94. The fraction of sp³-hybridized carbons (Fsp3) is 0. The Hall–Kier alpha value is -18.4. The van der Waals surface area contributed by atoms with E-state index in [4.69, 9.17) is 8.83 Å². The third-order valence-corrected chi connectivity index (χ3v) is 26.8. The fourth-order valence-corrected chi connectivity index (χ4v) is 19.7. The summed E-state index contributed by atoms with van der Waals surface area (Å²) in [4.78, 5) is 9.24. The predicted molar refractivity (Wildman–Crippen MR) is 580 cm³/mol. The van der Waals surface area contributed by atoms with E-state index >= 15 is 0 Å². The average molecular weight is 1760 g/mol. The van der Waals surface area contributed by atoms with Crippen molar-refractivity contribution in [2.24, 2.45) is 0 Å². The molecule has 2 aromatic heterocycles. The Bertz CT molecular complexity index is 8430. The quantitative estimate of drug-likeness (QED) is 0.0636. The molecule has 0 bridgehead atoms. The molecular weight excluding hydrogens is 1670 g/mol. The molecule has 22 aromatic carbocycles. The van der Waals surface area contributed by atoms with Gasteiger partial charge in [0.25, 0.3) is 0 Å². The van der Waals surface area contributed by atoms with Gasteiger partial charge in [-0.3, -0.25) is 0 Å². The average Bonchev–Trinajstić information content (AvgIpc) is 1.64. The van der Waals surface area contributed by atoms with Gasteiger partial charge in [-0.1, -0.05) is 388 Å². The highest BCUT2D eigenvalue weighted by Gasteiger charge is 2.25. The molecule has 6 heteroatoms. The summed E-state index contributed by atoms with van der Waals surface area (Å²) in [7, 11) is 0. The van der Waals surface area contributed by atoms with Gasteiger partial charge in [0.1, 0.15) is 11.2 Å². The van der Waals surface area contributed by atoms with Crippen LogP contribution in [0, 0.1) is 0 Å². The van der Waals surface area contributed by atoms with Gasteiger partial charge in [0.05, 0.1) is 11.4 Å². The topological polar surface area (TPSA) is 39.2 Å². The Morgan fingerprint density at radius 3 is 0.652 bits per heavy atom. The molecule has 0 amide bonds. The number of nitrogens with zero attached hydrogens (tertiary/aromatic N) is 4. The third kappa shape index (κ3) is 16.4. The minimum absolute atomic E-state index is 0.825. The van der Waals surface area contributed by atoms with Gasteiger partial charge in [-0.25, -0.2) is 0 Å². The summed E-state index contributed by atoms with van der Waals surface area (Å²) in [6.45, 7) is 0. The van der Waals surface area contributed by atoms with Gasteiger partial charge >= 0.3 is 0 Å². The lowest BCUT2D eigenvalue weighted by molar-refractivity contribution is 0.668. The molecule has 0 saturated heterocycles. The summed E-state index contributed by atoms with van der Waals surface area (Å²) >= 11 is 0. The SMILES string of the molecule is c1ccc(-c2ccc(N(c3ccccc3)c3ccc(-c4ccc(-c5cccc(-c6ccc(-c7ccc(N(c8ccccc8)c8ccc(-c9ccc(-c%10ccc%11oc%12c(N(c%13ccccc%13)c%13ccc(-c%14ccc(-c%15ccccc%15-c%15ccc(-c%16ccc(N(c%17ccccc%17)c%17cccc%18c%17oc%17ccccc%17%18)cc%16)cc%15)cc%14)cc%13)cccc%12c%11c%10)cc9)cc8)cc7)cc6)c5)cc4)cc3)cc2)cc1. The van der Waals surface area contributed by atoms with Crippen molar-refractivity contribution in [1.29, 1.82) is 0 Å². The lowest BCUT2D eigenvalue weighted by atomic mass is 9.92. The summed E-state index contributed by atoms with van der Waals surface area (Å²) in [6, 6.07) is 196. The smallest absolute Gasteiger partial charge is 0.159 e. The highest BCUT2D eigenvalue weighted by atomic mass is 16.3. The first kappa shape index (κ1) is 82.8. The van der Waals surface area contributed by atoms with E-state index in [2.05, 4.69) is 553 Å². The van der Waals surface area contributed by atoms with Crippen LogP contribution in [0.2, 0.25) is 0 Å². The van der Waals surface area contributed by atoms with Crippen LogP contribution in [0.15, 0.2) is 555 Å². The first-order chi connectivity index (χ1) is 68.4. The normalized spacial score (nSPS) is 11.3. The second-order valence-electron chi connectivity index (χ2n) is 35.1. The molecule has 0 aliphatic rings. The molecule has 0 N–H and O–H groups in total. The number of benzene rings is 22. The van der Waals surface area contributed by atoms with Crippen LogP contribution in [0.3, 0.4) is 0 Å². The molecule has 0 aliphatic carbocycles.